The summed E-state index contributed by atoms with van der Waals surface area (Å²) < 4.78 is 4.91. The Balaban J connectivity index is 3.47. The molecule has 1 N–H and O–H groups in total. The predicted octanol–water partition coefficient (Wildman–Crippen LogP) is 1.35. The van der Waals surface area contributed by atoms with Crippen LogP contribution in [0.25, 0.3) is 0 Å². The first-order chi connectivity index (χ1) is 5.57. The zero-order valence-electron chi connectivity index (χ0n) is 8.04. The van der Waals surface area contributed by atoms with E-state index in [0.29, 0.717) is 13.0 Å². The van der Waals surface area contributed by atoms with Gasteiger partial charge < -0.3 is 9.84 Å². The summed E-state index contributed by atoms with van der Waals surface area (Å²) in [5.74, 6) is -0.157. The third-order valence-corrected chi connectivity index (χ3v) is 1.78. The average molecular weight is 174 g/mol. The summed E-state index contributed by atoms with van der Waals surface area (Å²) in [5.41, 5.74) is 0. The lowest BCUT2D eigenvalue weighted by molar-refractivity contribution is -0.145. The highest BCUT2D eigenvalue weighted by atomic mass is 16.5. The van der Waals surface area contributed by atoms with E-state index in [-0.39, 0.29) is 11.9 Å². The molecule has 0 aromatic rings. The molecule has 0 aromatic carbocycles. The maximum atomic E-state index is 10.9. The van der Waals surface area contributed by atoms with Crippen molar-refractivity contribution in [1.29, 1.82) is 0 Å². The number of aliphatic hydroxyl groups is 1. The molecule has 72 valence electrons. The molecule has 0 amide bonds. The van der Waals surface area contributed by atoms with Crippen molar-refractivity contribution in [2.75, 3.05) is 6.61 Å². The van der Waals surface area contributed by atoms with Crippen molar-refractivity contribution in [3.63, 3.8) is 0 Å². The lowest BCUT2D eigenvalue weighted by atomic mass is 10.1. The monoisotopic (exact) mass is 174 g/mol. The summed E-state index contributed by atoms with van der Waals surface area (Å²) in [4.78, 5) is 10.9. The molecule has 0 radical (unpaired) electrons. The molecule has 0 unspecified atom stereocenters. The van der Waals surface area contributed by atoms with E-state index in [2.05, 4.69) is 0 Å². The highest BCUT2D eigenvalue weighted by Crippen LogP contribution is 2.03. The Morgan fingerprint density at radius 1 is 1.50 bits per heavy atom. The maximum Gasteiger partial charge on any atom is 0.305 e. The molecule has 12 heavy (non-hydrogen) atoms. The Hall–Kier alpha value is -0.570. The highest BCUT2D eigenvalue weighted by Gasteiger charge is 2.10. The second kappa shape index (κ2) is 6.00. The van der Waals surface area contributed by atoms with Gasteiger partial charge in [-0.1, -0.05) is 13.8 Å². The van der Waals surface area contributed by atoms with Gasteiger partial charge in [0.15, 0.2) is 0 Å². The molecule has 0 heterocycles. The number of hydrogen-bond acceptors (Lipinski definition) is 3. The molecule has 0 bridgehead atoms. The van der Waals surface area contributed by atoms with E-state index in [1.807, 2.05) is 13.8 Å². The highest BCUT2D eigenvalue weighted by molar-refractivity contribution is 5.69. The molecule has 0 saturated heterocycles. The van der Waals surface area contributed by atoms with Crippen LogP contribution in [0.5, 0.6) is 0 Å². The summed E-state index contributed by atoms with van der Waals surface area (Å²) in [6, 6.07) is 0. The van der Waals surface area contributed by atoms with Gasteiger partial charge in [-0.15, -0.1) is 0 Å². The molecule has 0 spiro atoms. The Bertz CT molecular complexity index is 132. The molecule has 0 saturated carbocycles. The Morgan fingerprint density at radius 2 is 2.08 bits per heavy atom. The molecule has 3 nitrogen and oxygen atoms in total. The lowest BCUT2D eigenvalue weighted by Crippen LogP contribution is -2.20. The lowest BCUT2D eigenvalue weighted by Gasteiger charge is -2.14. The van der Waals surface area contributed by atoms with Gasteiger partial charge in [0.25, 0.3) is 0 Å². The van der Waals surface area contributed by atoms with Crippen LogP contribution in [0.3, 0.4) is 0 Å². The van der Waals surface area contributed by atoms with Gasteiger partial charge in [-0.25, -0.2) is 0 Å². The quantitative estimate of drug-likeness (QED) is 0.640. The Labute approximate surface area is 73.7 Å². The number of aliphatic hydroxyl groups excluding tert-OH is 1. The minimum Gasteiger partial charge on any atom is -0.465 e. The number of carbonyl (C=O) groups is 1. The van der Waals surface area contributed by atoms with Crippen LogP contribution in [0.15, 0.2) is 0 Å². The van der Waals surface area contributed by atoms with E-state index in [4.69, 9.17) is 9.84 Å². The molecule has 3 heteroatoms. The molecule has 2 atom stereocenters. The first-order valence-electron chi connectivity index (χ1n) is 4.41. The topological polar surface area (TPSA) is 46.5 Å². The minimum absolute atomic E-state index is 0.0193. The molecule has 0 aromatic heterocycles. The molecule has 0 fully saturated rings. The first kappa shape index (κ1) is 11.4. The number of esters is 1. The van der Waals surface area contributed by atoms with Crippen LogP contribution in [-0.4, -0.2) is 23.8 Å². The minimum atomic E-state index is -0.417. The van der Waals surface area contributed by atoms with E-state index in [1.54, 1.807) is 6.92 Å². The van der Waals surface area contributed by atoms with E-state index in [9.17, 15) is 4.79 Å². The first-order valence-corrected chi connectivity index (χ1v) is 4.41. The Kier molecular flexibility index (Phi) is 5.72. The summed E-state index contributed by atoms with van der Waals surface area (Å²) in [7, 11) is 0. The van der Waals surface area contributed by atoms with Crippen LogP contribution in [0.1, 0.15) is 33.6 Å². The fourth-order valence-corrected chi connectivity index (χ4v) is 0.640. The van der Waals surface area contributed by atoms with Crippen molar-refractivity contribution < 1.29 is 14.6 Å². The van der Waals surface area contributed by atoms with E-state index in [0.717, 1.165) is 6.42 Å². The van der Waals surface area contributed by atoms with Crippen LogP contribution >= 0.6 is 0 Å². The normalized spacial score (nSPS) is 15.3. The van der Waals surface area contributed by atoms with Crippen LogP contribution in [0.2, 0.25) is 0 Å². The standard InChI is InChI=1S/C9H18O3/c1-4-5-9(11)12-6-7(2)8(3)10/h7-8,10H,4-6H2,1-3H3/t7-,8-/m1/s1. The molecule has 0 aliphatic heterocycles. The third kappa shape index (κ3) is 5.13. The molecule has 0 aliphatic carbocycles. The van der Waals surface area contributed by atoms with Crippen molar-refractivity contribution >= 4 is 5.97 Å². The van der Waals surface area contributed by atoms with Crippen molar-refractivity contribution in [1.82, 2.24) is 0 Å². The zero-order chi connectivity index (χ0) is 9.56. The molecular weight excluding hydrogens is 156 g/mol. The van der Waals surface area contributed by atoms with Gasteiger partial charge in [-0.05, 0) is 13.3 Å². The van der Waals surface area contributed by atoms with Gasteiger partial charge in [0.05, 0.1) is 12.7 Å². The largest absolute Gasteiger partial charge is 0.465 e. The summed E-state index contributed by atoms with van der Waals surface area (Å²) in [5, 5.41) is 9.07. The molecule has 0 aliphatic rings. The number of carbonyl (C=O) groups excluding carboxylic acids is 1. The fraction of sp³-hybridized carbons (Fsp3) is 0.889. The smallest absolute Gasteiger partial charge is 0.305 e. The van der Waals surface area contributed by atoms with Crippen LogP contribution in [0, 0.1) is 5.92 Å². The number of hydrogen-bond donors (Lipinski definition) is 1. The van der Waals surface area contributed by atoms with Crippen LogP contribution in [-0.2, 0) is 9.53 Å². The van der Waals surface area contributed by atoms with Gasteiger partial charge in [0.1, 0.15) is 0 Å². The second-order valence-corrected chi connectivity index (χ2v) is 3.15. The van der Waals surface area contributed by atoms with Crippen molar-refractivity contribution in [3.05, 3.63) is 0 Å². The third-order valence-electron chi connectivity index (χ3n) is 1.78. The van der Waals surface area contributed by atoms with Gasteiger partial charge in [0.2, 0.25) is 0 Å². The van der Waals surface area contributed by atoms with Crippen LogP contribution < -0.4 is 0 Å². The predicted molar refractivity (Wildman–Crippen MR) is 46.7 cm³/mol. The van der Waals surface area contributed by atoms with Crippen LogP contribution in [0.4, 0.5) is 0 Å². The summed E-state index contributed by atoms with van der Waals surface area (Å²) in [6.45, 7) is 5.79. The summed E-state index contributed by atoms with van der Waals surface area (Å²) >= 11 is 0. The summed E-state index contributed by atoms with van der Waals surface area (Å²) in [6.07, 6.45) is 0.855. The number of ether oxygens (including phenoxy) is 1. The molecular formula is C9H18O3. The fourth-order valence-electron chi connectivity index (χ4n) is 0.640. The van der Waals surface area contributed by atoms with E-state index < -0.39 is 6.10 Å². The number of rotatable bonds is 5. The van der Waals surface area contributed by atoms with Crippen molar-refractivity contribution in [2.45, 2.75) is 39.7 Å². The van der Waals surface area contributed by atoms with E-state index in [1.165, 1.54) is 0 Å². The zero-order valence-corrected chi connectivity index (χ0v) is 8.04. The van der Waals surface area contributed by atoms with Gasteiger partial charge >= 0.3 is 5.97 Å². The second-order valence-electron chi connectivity index (χ2n) is 3.15. The van der Waals surface area contributed by atoms with E-state index >= 15 is 0 Å². The van der Waals surface area contributed by atoms with Crippen molar-refractivity contribution in [3.8, 4) is 0 Å². The van der Waals surface area contributed by atoms with Gasteiger partial charge in [0, 0.05) is 12.3 Å². The maximum absolute atomic E-state index is 10.9. The average Bonchev–Trinajstić information content (AvgIpc) is 2.00. The van der Waals surface area contributed by atoms with Crippen molar-refractivity contribution in [2.24, 2.45) is 5.92 Å². The van der Waals surface area contributed by atoms with Gasteiger partial charge in [-0.3, -0.25) is 4.79 Å². The molecule has 0 rings (SSSR count). The van der Waals surface area contributed by atoms with Gasteiger partial charge in [-0.2, -0.15) is 0 Å². The SMILES string of the molecule is CCCC(=O)OC[C@@H](C)[C@@H](C)O. The Morgan fingerprint density at radius 3 is 2.50 bits per heavy atom.